The van der Waals surface area contributed by atoms with Crippen molar-refractivity contribution in [2.75, 3.05) is 20.1 Å². The van der Waals surface area contributed by atoms with Crippen LogP contribution in [0.2, 0.25) is 0 Å². The number of carbonyl (C=O) groups excluding carboxylic acids is 1. The molecule has 8 nitrogen and oxygen atoms in total. The highest BCUT2D eigenvalue weighted by Gasteiger charge is 2.21. The molecule has 0 unspecified atom stereocenters. The standard InChI is InChI=1S/C22H22F2N6O2/c1-29-7-5-14(6-8-29)27-21(31)17-12-26-30-9-4-13(10-18(17)30)16-11-25-20-15(16)2-3-19(28-20)32-22(23)24/h2-4,9-12,14,22H,5-8H2,1H3,(H,25,28)(H,27,31). The largest absolute Gasteiger partial charge is 0.417 e. The molecule has 1 fully saturated rings. The van der Waals surface area contributed by atoms with Gasteiger partial charge in [0.25, 0.3) is 5.91 Å². The molecule has 5 rings (SSSR count). The maximum Gasteiger partial charge on any atom is 0.388 e. The molecule has 1 aliphatic heterocycles. The number of halogens is 2. The summed E-state index contributed by atoms with van der Waals surface area (Å²) in [5.41, 5.74) is 3.32. The molecule has 5 heterocycles. The van der Waals surface area contributed by atoms with Crippen LogP contribution < -0.4 is 10.1 Å². The topological polar surface area (TPSA) is 87.6 Å². The number of pyridine rings is 2. The molecule has 0 radical (unpaired) electrons. The second-order valence-electron chi connectivity index (χ2n) is 7.98. The zero-order valence-electron chi connectivity index (χ0n) is 17.4. The quantitative estimate of drug-likeness (QED) is 0.497. The van der Waals surface area contributed by atoms with Crippen molar-refractivity contribution < 1.29 is 18.3 Å². The fourth-order valence-corrected chi connectivity index (χ4v) is 4.12. The molecular formula is C22H22F2N6O2. The second-order valence-corrected chi connectivity index (χ2v) is 7.98. The number of ether oxygens (including phenoxy) is 1. The number of alkyl halides is 2. The molecule has 0 bridgehead atoms. The summed E-state index contributed by atoms with van der Waals surface area (Å²) < 4.78 is 31.0. The van der Waals surface area contributed by atoms with Crippen molar-refractivity contribution in [1.82, 2.24) is 29.8 Å². The predicted octanol–water partition coefficient (Wildman–Crippen LogP) is 3.30. The molecule has 0 spiro atoms. The molecule has 0 atom stereocenters. The minimum Gasteiger partial charge on any atom is -0.417 e. The maximum absolute atomic E-state index is 12.9. The number of carbonyl (C=O) groups is 1. The third-order valence-corrected chi connectivity index (χ3v) is 5.85. The summed E-state index contributed by atoms with van der Waals surface area (Å²) in [6.07, 6.45) is 6.97. The molecule has 166 valence electrons. The number of nitrogens with one attached hydrogen (secondary N) is 2. The van der Waals surface area contributed by atoms with E-state index in [-0.39, 0.29) is 17.8 Å². The Morgan fingerprint density at radius 1 is 1.28 bits per heavy atom. The van der Waals surface area contributed by atoms with Crippen LogP contribution in [0.4, 0.5) is 8.78 Å². The molecule has 2 N–H and O–H groups in total. The summed E-state index contributed by atoms with van der Waals surface area (Å²) in [5, 5.41) is 8.20. The first-order chi connectivity index (χ1) is 15.5. The lowest BCUT2D eigenvalue weighted by molar-refractivity contribution is -0.0526. The molecule has 1 saturated heterocycles. The number of hydrogen-bond donors (Lipinski definition) is 2. The Morgan fingerprint density at radius 3 is 2.88 bits per heavy atom. The van der Waals surface area contributed by atoms with Crippen LogP contribution in [0.3, 0.4) is 0 Å². The van der Waals surface area contributed by atoms with Gasteiger partial charge >= 0.3 is 6.61 Å². The van der Waals surface area contributed by atoms with E-state index in [1.54, 1.807) is 29.2 Å². The molecule has 4 aromatic heterocycles. The molecule has 10 heteroatoms. The molecule has 0 saturated carbocycles. The van der Waals surface area contributed by atoms with Gasteiger partial charge in [-0.25, -0.2) is 4.52 Å². The smallest absolute Gasteiger partial charge is 0.388 e. The molecular weight excluding hydrogens is 418 g/mol. The third kappa shape index (κ3) is 3.89. The van der Waals surface area contributed by atoms with Gasteiger partial charge in [0.2, 0.25) is 5.88 Å². The van der Waals surface area contributed by atoms with Crippen molar-refractivity contribution in [2.45, 2.75) is 25.5 Å². The second kappa shape index (κ2) is 8.19. The highest BCUT2D eigenvalue weighted by Crippen LogP contribution is 2.30. The summed E-state index contributed by atoms with van der Waals surface area (Å²) in [4.78, 5) is 22.3. The van der Waals surface area contributed by atoms with E-state index in [1.165, 1.54) is 6.07 Å². The van der Waals surface area contributed by atoms with Gasteiger partial charge in [-0.05, 0) is 56.7 Å². The third-order valence-electron chi connectivity index (χ3n) is 5.85. The van der Waals surface area contributed by atoms with Crippen LogP contribution in [0.15, 0.2) is 42.9 Å². The molecule has 1 aliphatic rings. The lowest BCUT2D eigenvalue weighted by Crippen LogP contribution is -2.43. The fourth-order valence-electron chi connectivity index (χ4n) is 4.12. The Balaban J connectivity index is 1.44. The molecule has 32 heavy (non-hydrogen) atoms. The number of hydrogen-bond acceptors (Lipinski definition) is 5. The zero-order valence-corrected chi connectivity index (χ0v) is 17.4. The van der Waals surface area contributed by atoms with Crippen LogP contribution in [-0.2, 0) is 0 Å². The summed E-state index contributed by atoms with van der Waals surface area (Å²) in [6.45, 7) is -1.01. The van der Waals surface area contributed by atoms with Crippen molar-refractivity contribution >= 4 is 22.5 Å². The van der Waals surface area contributed by atoms with E-state index < -0.39 is 6.61 Å². The van der Waals surface area contributed by atoms with E-state index in [0.717, 1.165) is 42.4 Å². The number of aromatic nitrogens is 4. The van der Waals surface area contributed by atoms with Crippen LogP contribution in [0, 0.1) is 0 Å². The van der Waals surface area contributed by atoms with Gasteiger partial charge in [-0.15, -0.1) is 0 Å². The lowest BCUT2D eigenvalue weighted by atomic mass is 10.0. The van der Waals surface area contributed by atoms with Crippen LogP contribution in [0.25, 0.3) is 27.7 Å². The van der Waals surface area contributed by atoms with Crippen LogP contribution in [0.5, 0.6) is 5.88 Å². The Labute approximate surface area is 182 Å². The fraction of sp³-hybridized carbons (Fsp3) is 0.318. The Bertz CT molecular complexity index is 1280. The molecule has 0 aliphatic carbocycles. The van der Waals surface area contributed by atoms with Gasteiger partial charge in [0.15, 0.2) is 0 Å². The summed E-state index contributed by atoms with van der Waals surface area (Å²) in [5.74, 6) is -0.291. The van der Waals surface area contributed by atoms with Crippen molar-refractivity contribution in [3.63, 3.8) is 0 Å². The van der Waals surface area contributed by atoms with Crippen molar-refractivity contribution in [3.8, 4) is 17.0 Å². The number of amides is 1. The summed E-state index contributed by atoms with van der Waals surface area (Å²) >= 11 is 0. The van der Waals surface area contributed by atoms with E-state index in [4.69, 9.17) is 0 Å². The van der Waals surface area contributed by atoms with Gasteiger partial charge in [0.05, 0.1) is 17.3 Å². The minimum absolute atomic E-state index is 0.138. The van der Waals surface area contributed by atoms with Gasteiger partial charge in [-0.1, -0.05) is 0 Å². The predicted molar refractivity (Wildman–Crippen MR) is 115 cm³/mol. The van der Waals surface area contributed by atoms with Crippen molar-refractivity contribution in [1.29, 1.82) is 0 Å². The van der Waals surface area contributed by atoms with Crippen molar-refractivity contribution in [2.24, 2.45) is 0 Å². The van der Waals surface area contributed by atoms with Gasteiger partial charge in [0.1, 0.15) is 5.65 Å². The van der Waals surface area contributed by atoms with E-state index in [1.807, 2.05) is 12.1 Å². The number of aromatic amines is 1. The number of piperidine rings is 1. The molecule has 0 aromatic carbocycles. The first kappa shape index (κ1) is 20.4. The number of likely N-dealkylation sites (tertiary alicyclic amines) is 1. The zero-order chi connectivity index (χ0) is 22.2. The Hall–Kier alpha value is -3.53. The molecule has 1 amide bonds. The average molecular weight is 440 g/mol. The highest BCUT2D eigenvalue weighted by molar-refractivity contribution is 6.02. The number of nitrogens with zero attached hydrogens (tertiary/aromatic N) is 4. The van der Waals surface area contributed by atoms with Gasteiger partial charge < -0.3 is 19.9 Å². The van der Waals surface area contributed by atoms with Gasteiger partial charge in [0, 0.05) is 35.5 Å². The Kier molecular flexibility index (Phi) is 5.22. The van der Waals surface area contributed by atoms with E-state index >= 15 is 0 Å². The number of H-pyrrole nitrogens is 1. The first-order valence-electron chi connectivity index (χ1n) is 10.4. The van der Waals surface area contributed by atoms with E-state index in [9.17, 15) is 13.6 Å². The minimum atomic E-state index is -2.93. The molecule has 4 aromatic rings. The van der Waals surface area contributed by atoms with Crippen LogP contribution in [0.1, 0.15) is 23.2 Å². The Morgan fingerprint density at radius 2 is 2.09 bits per heavy atom. The van der Waals surface area contributed by atoms with Crippen LogP contribution >= 0.6 is 0 Å². The average Bonchev–Trinajstić information content (AvgIpc) is 3.38. The van der Waals surface area contributed by atoms with Crippen molar-refractivity contribution in [3.05, 3.63) is 48.4 Å². The number of rotatable bonds is 5. The van der Waals surface area contributed by atoms with Gasteiger partial charge in [-0.2, -0.15) is 18.9 Å². The highest BCUT2D eigenvalue weighted by atomic mass is 19.3. The SMILES string of the molecule is CN1CCC(NC(=O)c2cnn3ccc(-c4c[nH]c5nc(OC(F)F)ccc45)cc23)CC1. The van der Waals surface area contributed by atoms with Gasteiger partial charge in [-0.3, -0.25) is 4.79 Å². The summed E-state index contributed by atoms with van der Waals surface area (Å²) in [6, 6.07) is 7.01. The van der Waals surface area contributed by atoms with E-state index in [0.29, 0.717) is 16.7 Å². The first-order valence-corrected chi connectivity index (χ1v) is 10.4. The monoisotopic (exact) mass is 440 g/mol. The maximum atomic E-state index is 12.9. The lowest BCUT2D eigenvalue weighted by Gasteiger charge is -2.29. The number of fused-ring (bicyclic) bond motifs is 2. The van der Waals surface area contributed by atoms with Crippen LogP contribution in [-0.4, -0.2) is 63.2 Å². The van der Waals surface area contributed by atoms with E-state index in [2.05, 4.69) is 37.1 Å². The normalized spacial score (nSPS) is 15.6. The summed E-state index contributed by atoms with van der Waals surface area (Å²) in [7, 11) is 2.08.